The second kappa shape index (κ2) is 14.2. The maximum Gasteiger partial charge on any atom is 0.418 e. The number of aromatic amines is 1. The van der Waals surface area contributed by atoms with Crippen LogP contribution in [0.15, 0.2) is 48.5 Å². The number of benzene rings is 2. The predicted molar refractivity (Wildman–Crippen MR) is 175 cm³/mol. The molecule has 1 unspecified atom stereocenters. The maximum atomic E-state index is 14.6. The minimum absolute atomic E-state index is 0.0302. The number of fused-ring (bicyclic) bond motifs is 3. The number of nitrogens with zero attached hydrogens (tertiary/aromatic N) is 1. The number of nitrogens with one attached hydrogen (secondary N) is 3. The fourth-order valence-corrected chi connectivity index (χ4v) is 6.36. The number of hydrogen-bond acceptors (Lipinski definition) is 4. The van der Waals surface area contributed by atoms with Crippen molar-refractivity contribution < 1.29 is 27.6 Å². The number of nitrogens with two attached hydrogens (primary N) is 1. The van der Waals surface area contributed by atoms with Crippen molar-refractivity contribution in [3.63, 3.8) is 0 Å². The highest BCUT2D eigenvalue weighted by molar-refractivity contribution is 7.80. The Balaban J connectivity index is 1.87. The lowest BCUT2D eigenvalue weighted by molar-refractivity contribution is -0.159. The smallest absolute Gasteiger partial charge is 0.392 e. The molecule has 1 heterocycles. The van der Waals surface area contributed by atoms with E-state index in [0.717, 1.165) is 11.1 Å². The van der Waals surface area contributed by atoms with Crippen molar-refractivity contribution in [3.8, 4) is 0 Å². The monoisotopic (exact) mass is 657 g/mol. The molecule has 1 aliphatic carbocycles. The summed E-state index contributed by atoms with van der Waals surface area (Å²) in [6, 6.07) is 12.2. The molecular formula is C34H42F3N5O3S. The van der Waals surface area contributed by atoms with E-state index in [-0.39, 0.29) is 54.4 Å². The molecule has 0 saturated carbocycles. The van der Waals surface area contributed by atoms with Gasteiger partial charge in [0.2, 0.25) is 17.7 Å². The van der Waals surface area contributed by atoms with Crippen LogP contribution in [-0.4, -0.2) is 44.3 Å². The molecule has 1 aromatic heterocycles. The fourth-order valence-electron chi connectivity index (χ4n) is 6.07. The summed E-state index contributed by atoms with van der Waals surface area (Å²) in [4.78, 5) is 45.3. The number of carbonyl (C=O) groups excluding carboxylic acids is 3. The minimum Gasteiger partial charge on any atom is -0.392 e. The fraction of sp³-hybridized carbons (Fsp3) is 0.471. The van der Waals surface area contributed by atoms with E-state index in [1.54, 1.807) is 30.3 Å². The number of aryl methyl sites for hydroxylation is 1. The Morgan fingerprint density at radius 3 is 2.37 bits per heavy atom. The topological polar surface area (TPSA) is 120 Å². The van der Waals surface area contributed by atoms with E-state index in [4.69, 9.17) is 18.0 Å². The molecule has 3 amide bonds. The Kier molecular flexibility index (Phi) is 10.8. The van der Waals surface area contributed by atoms with Gasteiger partial charge in [0.1, 0.15) is 5.54 Å². The zero-order chi connectivity index (χ0) is 33.8. The number of thiocarbonyl (C=S) groups is 1. The quantitative estimate of drug-likeness (QED) is 0.154. The largest absolute Gasteiger partial charge is 0.418 e. The maximum absolute atomic E-state index is 14.6. The Morgan fingerprint density at radius 1 is 1.07 bits per heavy atom. The molecule has 4 atom stereocenters. The molecule has 0 saturated heterocycles. The Hall–Kier alpha value is -3.93. The lowest BCUT2D eigenvalue weighted by Gasteiger charge is -2.45. The van der Waals surface area contributed by atoms with Gasteiger partial charge in [0.25, 0.3) is 0 Å². The third-order valence-corrected chi connectivity index (χ3v) is 9.42. The summed E-state index contributed by atoms with van der Waals surface area (Å²) in [6.07, 6.45) is -3.25. The van der Waals surface area contributed by atoms with Gasteiger partial charge in [0.15, 0.2) is 0 Å². The molecule has 12 heteroatoms. The van der Waals surface area contributed by atoms with Crippen molar-refractivity contribution in [3.05, 3.63) is 70.9 Å². The van der Waals surface area contributed by atoms with Crippen LogP contribution in [0.1, 0.15) is 75.8 Å². The first-order valence-corrected chi connectivity index (χ1v) is 16.1. The van der Waals surface area contributed by atoms with Crippen LogP contribution in [0, 0.1) is 11.8 Å². The molecule has 3 aromatic rings. The van der Waals surface area contributed by atoms with Crippen LogP contribution in [0.3, 0.4) is 0 Å². The van der Waals surface area contributed by atoms with E-state index in [0.29, 0.717) is 35.0 Å². The van der Waals surface area contributed by atoms with Gasteiger partial charge in [-0.3, -0.25) is 19.8 Å². The number of aromatic nitrogens is 1. The van der Waals surface area contributed by atoms with Crippen LogP contribution >= 0.6 is 12.2 Å². The van der Waals surface area contributed by atoms with Gasteiger partial charge in [0, 0.05) is 23.9 Å². The van der Waals surface area contributed by atoms with E-state index in [9.17, 15) is 27.6 Å². The molecule has 46 heavy (non-hydrogen) atoms. The second-order valence-electron chi connectivity index (χ2n) is 12.4. The molecule has 4 rings (SSSR count). The Labute approximate surface area is 272 Å². The number of alkyl halides is 3. The molecule has 0 aliphatic heterocycles. The summed E-state index contributed by atoms with van der Waals surface area (Å²) in [6.45, 7) is 7.66. The van der Waals surface area contributed by atoms with E-state index < -0.39 is 41.0 Å². The van der Waals surface area contributed by atoms with Crippen LogP contribution in [0.5, 0.6) is 0 Å². The van der Waals surface area contributed by atoms with Crippen LogP contribution in [-0.2, 0) is 39.8 Å². The number of hydrogen-bond donors (Lipinski definition) is 4. The summed E-state index contributed by atoms with van der Waals surface area (Å²) in [7, 11) is 0. The molecule has 2 aromatic carbocycles. The average Bonchev–Trinajstić information content (AvgIpc) is 3.39. The first-order chi connectivity index (χ1) is 21.7. The summed E-state index contributed by atoms with van der Waals surface area (Å²) >= 11 is 5.31. The second-order valence-corrected chi connectivity index (χ2v) is 12.9. The highest BCUT2D eigenvalue weighted by atomic mass is 32.1. The third-order valence-electron chi connectivity index (χ3n) is 9.16. The highest BCUT2D eigenvalue weighted by Crippen LogP contribution is 2.41. The van der Waals surface area contributed by atoms with Crippen molar-refractivity contribution in [2.45, 2.75) is 90.4 Å². The number of carbonyl (C=O) groups is 3. The highest BCUT2D eigenvalue weighted by Gasteiger charge is 2.51. The van der Waals surface area contributed by atoms with Crippen molar-refractivity contribution in [1.29, 1.82) is 0 Å². The van der Waals surface area contributed by atoms with Crippen molar-refractivity contribution in [2.24, 2.45) is 17.6 Å². The molecule has 8 nitrogen and oxygen atoms in total. The standard InChI is InChI=1S/C34H42F3N5O3S/c1-5-20(3)17-28(44)42(41-27(43)18-22-11-8-7-9-12-22)33(32(45)40-29(31(38)46)21(4)6-2)16-15-26-24(19-33)23-13-10-14-25(30(23)39-26)34(35,36)37/h7-14,20-21,29,39H,5-6,15-19H2,1-4H3,(H2,38,46)(H,40,45)(H,41,43)/t20-,21?,29-,33+/m0/s1. The van der Waals surface area contributed by atoms with Crippen LogP contribution in [0.2, 0.25) is 0 Å². The molecule has 1 aliphatic rings. The van der Waals surface area contributed by atoms with Crippen LogP contribution < -0.4 is 16.5 Å². The van der Waals surface area contributed by atoms with Crippen molar-refractivity contribution in [2.75, 3.05) is 0 Å². The van der Waals surface area contributed by atoms with Gasteiger partial charge >= 0.3 is 6.18 Å². The molecular weight excluding hydrogens is 615 g/mol. The molecule has 5 N–H and O–H groups in total. The predicted octanol–water partition coefficient (Wildman–Crippen LogP) is 5.77. The first kappa shape index (κ1) is 34.9. The van der Waals surface area contributed by atoms with Gasteiger partial charge in [-0.2, -0.15) is 13.2 Å². The number of halogens is 3. The van der Waals surface area contributed by atoms with E-state index >= 15 is 0 Å². The number of amides is 3. The van der Waals surface area contributed by atoms with E-state index in [1.807, 2.05) is 33.8 Å². The van der Waals surface area contributed by atoms with E-state index in [2.05, 4.69) is 15.7 Å². The van der Waals surface area contributed by atoms with Gasteiger partial charge in [-0.1, -0.05) is 95.2 Å². The first-order valence-electron chi connectivity index (χ1n) is 15.7. The Morgan fingerprint density at radius 2 is 1.76 bits per heavy atom. The molecule has 0 spiro atoms. The summed E-state index contributed by atoms with van der Waals surface area (Å²) in [5.41, 5.74) is 7.99. The average molecular weight is 658 g/mol. The van der Waals surface area contributed by atoms with Gasteiger partial charge < -0.3 is 16.0 Å². The third kappa shape index (κ3) is 7.37. The molecule has 0 radical (unpaired) electrons. The SMILES string of the molecule is CCC(C)[C@H](NC(=O)[C@@]1(N(NC(=O)Cc2ccccc2)C(=O)C[C@@H](C)CC)CCc2[nH]c3c(C(F)(F)F)cccc3c2C1)C(N)=S. The number of hydrazine groups is 1. The molecule has 0 fully saturated rings. The van der Waals surface area contributed by atoms with E-state index in [1.165, 1.54) is 6.07 Å². The number of rotatable bonds is 11. The zero-order valence-electron chi connectivity index (χ0n) is 26.6. The molecule has 0 bridgehead atoms. The van der Waals surface area contributed by atoms with Gasteiger partial charge in [-0.25, -0.2) is 5.01 Å². The Bertz CT molecular complexity index is 1590. The lowest BCUT2D eigenvalue weighted by atomic mass is 9.77. The van der Waals surface area contributed by atoms with Crippen LogP contribution in [0.25, 0.3) is 10.9 Å². The van der Waals surface area contributed by atoms with Gasteiger partial charge in [0.05, 0.1) is 28.5 Å². The van der Waals surface area contributed by atoms with Gasteiger partial charge in [-0.05, 0) is 41.9 Å². The summed E-state index contributed by atoms with van der Waals surface area (Å²) in [5, 5.41) is 4.42. The lowest BCUT2D eigenvalue weighted by Crippen LogP contribution is -2.70. The van der Waals surface area contributed by atoms with Crippen molar-refractivity contribution >= 4 is 45.8 Å². The van der Waals surface area contributed by atoms with Crippen molar-refractivity contribution in [1.82, 2.24) is 20.7 Å². The normalized spacial score (nSPS) is 18.2. The summed E-state index contributed by atoms with van der Waals surface area (Å²) in [5.74, 6) is -1.77. The summed E-state index contributed by atoms with van der Waals surface area (Å²) < 4.78 is 42.0. The minimum atomic E-state index is -4.61. The molecule has 248 valence electrons. The number of para-hydroxylation sites is 1. The van der Waals surface area contributed by atoms with Crippen LogP contribution in [0.4, 0.5) is 13.2 Å². The zero-order valence-corrected chi connectivity index (χ0v) is 27.4. The number of H-pyrrole nitrogens is 1. The van der Waals surface area contributed by atoms with Gasteiger partial charge in [-0.15, -0.1) is 0 Å².